The summed E-state index contributed by atoms with van der Waals surface area (Å²) in [5.74, 6) is -1.88. The van der Waals surface area contributed by atoms with E-state index in [4.69, 9.17) is 0 Å². The first-order chi connectivity index (χ1) is 18.3. The third kappa shape index (κ3) is 4.58. The SMILES string of the molecule is CCn1cc(C(=O)NN2C(=O)CSC2c2ccccc2[N+](=O)[O-])c(=O)c2cc(F)c(N3CCNCC3)cc21. The van der Waals surface area contributed by atoms with E-state index in [9.17, 15) is 24.5 Å². The van der Waals surface area contributed by atoms with Crippen LogP contribution in [0.3, 0.4) is 0 Å². The maximum absolute atomic E-state index is 15.2. The average molecular weight is 541 g/mol. The summed E-state index contributed by atoms with van der Waals surface area (Å²) in [6.07, 6.45) is 1.40. The summed E-state index contributed by atoms with van der Waals surface area (Å²) in [7, 11) is 0. The first kappa shape index (κ1) is 25.7. The molecule has 1 aromatic heterocycles. The van der Waals surface area contributed by atoms with E-state index in [1.807, 2.05) is 11.8 Å². The number of hydrogen-bond acceptors (Lipinski definition) is 8. The molecule has 0 spiro atoms. The second-order valence-electron chi connectivity index (χ2n) is 8.90. The number of hydrogen-bond donors (Lipinski definition) is 2. The van der Waals surface area contributed by atoms with E-state index in [0.29, 0.717) is 30.8 Å². The number of para-hydroxylation sites is 1. The Hall–Kier alpha value is -3.97. The molecule has 1 unspecified atom stereocenters. The molecule has 2 aliphatic heterocycles. The van der Waals surface area contributed by atoms with Crippen molar-refractivity contribution >= 4 is 45.9 Å². The number of thioether (sulfide) groups is 1. The fourth-order valence-corrected chi connectivity index (χ4v) is 5.92. The molecule has 0 aliphatic carbocycles. The number of nitrogens with zero attached hydrogens (tertiary/aromatic N) is 4. The van der Waals surface area contributed by atoms with Crippen LogP contribution in [-0.2, 0) is 11.3 Å². The van der Waals surface area contributed by atoms with Crippen molar-refractivity contribution in [1.29, 1.82) is 0 Å². The Balaban J connectivity index is 1.50. The number of benzene rings is 2. The van der Waals surface area contributed by atoms with E-state index >= 15 is 4.39 Å². The molecule has 1 atom stereocenters. The highest BCUT2D eigenvalue weighted by atomic mass is 32.2. The van der Waals surface area contributed by atoms with E-state index in [1.165, 1.54) is 24.4 Å². The Bertz CT molecular complexity index is 1510. The number of nitro groups is 1. The fraction of sp³-hybridized carbons (Fsp3) is 0.320. The zero-order chi connectivity index (χ0) is 27.0. The van der Waals surface area contributed by atoms with Crippen LogP contribution < -0.4 is 21.1 Å². The van der Waals surface area contributed by atoms with Crippen molar-refractivity contribution in [2.45, 2.75) is 18.8 Å². The molecular weight excluding hydrogens is 515 g/mol. The van der Waals surface area contributed by atoms with E-state index in [0.717, 1.165) is 35.9 Å². The molecule has 198 valence electrons. The Morgan fingerprint density at radius 1 is 1.24 bits per heavy atom. The van der Waals surface area contributed by atoms with Crippen LogP contribution in [0.5, 0.6) is 0 Å². The second kappa shape index (κ2) is 10.4. The van der Waals surface area contributed by atoms with Gasteiger partial charge in [-0.1, -0.05) is 12.1 Å². The van der Waals surface area contributed by atoms with Crippen molar-refractivity contribution in [3.8, 4) is 0 Å². The zero-order valence-electron chi connectivity index (χ0n) is 20.5. The molecule has 0 radical (unpaired) electrons. The number of aryl methyl sites for hydroxylation is 1. The van der Waals surface area contributed by atoms with Crippen molar-refractivity contribution in [1.82, 2.24) is 20.3 Å². The van der Waals surface area contributed by atoms with Gasteiger partial charge >= 0.3 is 0 Å². The molecule has 3 aromatic rings. The van der Waals surface area contributed by atoms with Crippen molar-refractivity contribution in [2.24, 2.45) is 0 Å². The van der Waals surface area contributed by atoms with Gasteiger partial charge in [0, 0.05) is 50.4 Å². The van der Waals surface area contributed by atoms with Crippen LogP contribution in [0.1, 0.15) is 28.2 Å². The van der Waals surface area contributed by atoms with Crippen molar-refractivity contribution in [2.75, 3.05) is 36.8 Å². The van der Waals surface area contributed by atoms with E-state index in [1.54, 1.807) is 16.7 Å². The largest absolute Gasteiger partial charge is 0.367 e. The summed E-state index contributed by atoms with van der Waals surface area (Å²) < 4.78 is 16.8. The highest BCUT2D eigenvalue weighted by molar-refractivity contribution is 8.00. The van der Waals surface area contributed by atoms with E-state index < -0.39 is 33.4 Å². The van der Waals surface area contributed by atoms with Crippen LogP contribution in [0.25, 0.3) is 10.9 Å². The minimum absolute atomic E-state index is 0.00604. The van der Waals surface area contributed by atoms with Gasteiger partial charge in [-0.15, -0.1) is 11.8 Å². The number of nitro benzene ring substituents is 1. The second-order valence-corrected chi connectivity index (χ2v) is 9.97. The smallest absolute Gasteiger partial charge is 0.275 e. The topological polar surface area (TPSA) is 130 Å². The number of carbonyl (C=O) groups excluding carboxylic acids is 2. The van der Waals surface area contributed by atoms with Gasteiger partial charge in [-0.25, -0.2) is 9.40 Å². The van der Waals surface area contributed by atoms with Crippen LogP contribution >= 0.6 is 11.8 Å². The van der Waals surface area contributed by atoms with Crippen molar-refractivity contribution < 1.29 is 18.9 Å². The molecular formula is C25H25FN6O5S. The van der Waals surface area contributed by atoms with Gasteiger partial charge in [0.15, 0.2) is 0 Å². The molecule has 0 saturated carbocycles. The predicted octanol–water partition coefficient (Wildman–Crippen LogP) is 2.40. The lowest BCUT2D eigenvalue weighted by Crippen LogP contribution is -2.46. The number of pyridine rings is 1. The molecule has 38 heavy (non-hydrogen) atoms. The lowest BCUT2D eigenvalue weighted by atomic mass is 10.1. The third-order valence-electron chi connectivity index (χ3n) is 6.68. The third-order valence-corrected chi connectivity index (χ3v) is 7.88. The Morgan fingerprint density at radius 2 is 1.97 bits per heavy atom. The molecule has 2 aromatic carbocycles. The molecule has 0 bridgehead atoms. The predicted molar refractivity (Wildman–Crippen MR) is 142 cm³/mol. The number of amides is 2. The summed E-state index contributed by atoms with van der Waals surface area (Å²) >= 11 is 1.13. The van der Waals surface area contributed by atoms with Crippen LogP contribution in [0.15, 0.2) is 47.4 Å². The number of nitrogens with one attached hydrogen (secondary N) is 2. The molecule has 3 heterocycles. The molecule has 11 nitrogen and oxygen atoms in total. The molecule has 13 heteroatoms. The summed E-state index contributed by atoms with van der Waals surface area (Å²) in [6, 6.07) is 8.76. The van der Waals surface area contributed by atoms with Gasteiger partial charge in [0.1, 0.15) is 16.8 Å². The maximum atomic E-state index is 15.2. The summed E-state index contributed by atoms with van der Waals surface area (Å²) in [5, 5.41) is 15.0. The monoisotopic (exact) mass is 540 g/mol. The highest BCUT2D eigenvalue weighted by Gasteiger charge is 2.38. The number of aromatic nitrogens is 1. The van der Waals surface area contributed by atoms with Crippen molar-refractivity contribution in [3.63, 3.8) is 0 Å². The average Bonchev–Trinajstić information content (AvgIpc) is 3.28. The van der Waals surface area contributed by atoms with Gasteiger partial charge in [0.05, 0.1) is 27.4 Å². The fourth-order valence-electron chi connectivity index (χ4n) is 4.78. The van der Waals surface area contributed by atoms with Crippen LogP contribution in [0.2, 0.25) is 0 Å². The summed E-state index contributed by atoms with van der Waals surface area (Å²) in [6.45, 7) is 4.94. The number of fused-ring (bicyclic) bond motifs is 1. The van der Waals surface area contributed by atoms with E-state index in [2.05, 4.69) is 10.7 Å². The lowest BCUT2D eigenvalue weighted by Gasteiger charge is -2.30. The normalized spacial score (nSPS) is 17.7. The molecule has 2 fully saturated rings. The van der Waals surface area contributed by atoms with Gasteiger partial charge < -0.3 is 14.8 Å². The van der Waals surface area contributed by atoms with Crippen LogP contribution in [0.4, 0.5) is 15.8 Å². The number of halogens is 1. The van der Waals surface area contributed by atoms with Crippen LogP contribution in [-0.4, -0.2) is 58.2 Å². The van der Waals surface area contributed by atoms with Gasteiger partial charge in [0.25, 0.3) is 17.5 Å². The molecule has 2 N–H and O–H groups in total. The minimum atomic E-state index is -0.856. The summed E-state index contributed by atoms with van der Waals surface area (Å²) in [5.41, 5.74) is 2.49. The number of piperazine rings is 1. The number of anilines is 1. The van der Waals surface area contributed by atoms with Crippen molar-refractivity contribution in [3.05, 3.63) is 79.9 Å². The zero-order valence-corrected chi connectivity index (χ0v) is 21.3. The molecule has 5 rings (SSSR count). The maximum Gasteiger partial charge on any atom is 0.275 e. The highest BCUT2D eigenvalue weighted by Crippen LogP contribution is 2.41. The van der Waals surface area contributed by atoms with Crippen LogP contribution in [0, 0.1) is 15.9 Å². The standard InChI is InChI=1S/C25H25FN6O5S/c1-2-29-13-17(23(34)16-11-18(26)21(12-20(16)29)30-9-7-27-8-10-30)24(35)28-31-22(33)14-38-25(31)15-5-3-4-6-19(15)32(36)37/h3-6,11-13,25,27H,2,7-10,14H2,1H3,(H,28,35). The molecule has 2 aliphatic rings. The van der Waals surface area contributed by atoms with Gasteiger partial charge in [0.2, 0.25) is 5.43 Å². The molecule has 2 amide bonds. The molecule has 2 saturated heterocycles. The number of rotatable bonds is 6. The van der Waals surface area contributed by atoms with Gasteiger partial charge in [-0.2, -0.15) is 0 Å². The number of hydrazine groups is 1. The summed E-state index contributed by atoms with van der Waals surface area (Å²) in [4.78, 5) is 52.2. The first-order valence-corrected chi connectivity index (χ1v) is 13.1. The Labute approximate surface area is 220 Å². The quantitative estimate of drug-likeness (QED) is 0.360. The Morgan fingerprint density at radius 3 is 2.68 bits per heavy atom. The number of carbonyl (C=O) groups is 2. The van der Waals surface area contributed by atoms with E-state index in [-0.39, 0.29) is 28.0 Å². The first-order valence-electron chi connectivity index (χ1n) is 12.1. The lowest BCUT2D eigenvalue weighted by molar-refractivity contribution is -0.385. The Kier molecular flexibility index (Phi) is 7.04. The van der Waals surface area contributed by atoms with Gasteiger partial charge in [-0.05, 0) is 25.1 Å². The minimum Gasteiger partial charge on any atom is -0.367 e. The van der Waals surface area contributed by atoms with Gasteiger partial charge in [-0.3, -0.25) is 29.9 Å².